The van der Waals surface area contributed by atoms with Crippen LogP contribution >= 0.6 is 23.2 Å². The van der Waals surface area contributed by atoms with Crippen LogP contribution in [0, 0.1) is 5.92 Å². The summed E-state index contributed by atoms with van der Waals surface area (Å²) in [6, 6.07) is 13.1. The Morgan fingerprint density at radius 2 is 1.83 bits per heavy atom. The fourth-order valence-electron chi connectivity index (χ4n) is 2.05. The van der Waals surface area contributed by atoms with Gasteiger partial charge in [0, 0.05) is 16.8 Å². The van der Waals surface area contributed by atoms with Crippen LogP contribution in [0.15, 0.2) is 42.5 Å². The number of nitrogens with one attached hydrogen (secondary N) is 1. The molecule has 5 heteroatoms. The largest absolute Gasteiger partial charge is 0.493 e. The minimum absolute atomic E-state index is 0.0519. The average Bonchev–Trinajstić information content (AvgIpc) is 2.54. The molecule has 0 heterocycles. The molecule has 1 N–H and O–H groups in total. The van der Waals surface area contributed by atoms with Gasteiger partial charge < -0.3 is 14.8 Å². The van der Waals surface area contributed by atoms with Crippen LogP contribution < -0.4 is 14.8 Å². The molecule has 0 spiro atoms. The highest BCUT2D eigenvalue weighted by molar-refractivity contribution is 6.35. The summed E-state index contributed by atoms with van der Waals surface area (Å²) in [5, 5.41) is 4.46. The van der Waals surface area contributed by atoms with Gasteiger partial charge >= 0.3 is 0 Å². The first-order valence-corrected chi connectivity index (χ1v) is 8.78. The Bertz CT molecular complexity index is 662. The summed E-state index contributed by atoms with van der Waals surface area (Å²) < 4.78 is 11.6. The molecule has 3 nitrogen and oxygen atoms in total. The van der Waals surface area contributed by atoms with Crippen molar-refractivity contribution in [2.75, 3.05) is 18.5 Å². The van der Waals surface area contributed by atoms with E-state index in [1.165, 1.54) is 0 Å². The molecule has 0 saturated carbocycles. The third-order valence-electron chi connectivity index (χ3n) is 3.23. The van der Waals surface area contributed by atoms with Crippen LogP contribution in [-0.4, -0.2) is 19.3 Å². The molecule has 2 aromatic rings. The molecule has 1 atom stereocenters. The summed E-state index contributed by atoms with van der Waals surface area (Å²) in [6.07, 6.45) is -0.0519. The average molecular weight is 368 g/mol. The van der Waals surface area contributed by atoms with Crippen LogP contribution in [0.4, 0.5) is 5.69 Å². The monoisotopic (exact) mass is 367 g/mol. The molecule has 0 aliphatic heterocycles. The lowest BCUT2D eigenvalue weighted by Gasteiger charge is -2.17. The fourth-order valence-corrected chi connectivity index (χ4v) is 2.50. The molecule has 0 radical (unpaired) electrons. The topological polar surface area (TPSA) is 30.5 Å². The third kappa shape index (κ3) is 6.14. The van der Waals surface area contributed by atoms with Crippen LogP contribution in [0.2, 0.25) is 10.0 Å². The van der Waals surface area contributed by atoms with Gasteiger partial charge in [0.2, 0.25) is 0 Å². The molecule has 0 amide bonds. The van der Waals surface area contributed by atoms with E-state index in [-0.39, 0.29) is 6.10 Å². The van der Waals surface area contributed by atoms with E-state index in [0.29, 0.717) is 34.9 Å². The lowest BCUT2D eigenvalue weighted by atomic mass is 10.2. The second kappa shape index (κ2) is 9.05. The zero-order valence-corrected chi connectivity index (χ0v) is 15.7. The smallest absolute Gasteiger partial charge is 0.138 e. The summed E-state index contributed by atoms with van der Waals surface area (Å²) in [7, 11) is 0. The van der Waals surface area contributed by atoms with Crippen molar-refractivity contribution in [3.8, 4) is 11.5 Å². The Balaban J connectivity index is 1.87. The maximum Gasteiger partial charge on any atom is 0.138 e. The minimum Gasteiger partial charge on any atom is -0.493 e. The van der Waals surface area contributed by atoms with Gasteiger partial charge in [-0.15, -0.1) is 0 Å². The van der Waals surface area contributed by atoms with Crippen molar-refractivity contribution in [3.63, 3.8) is 0 Å². The van der Waals surface area contributed by atoms with Gasteiger partial charge in [-0.05, 0) is 43.2 Å². The van der Waals surface area contributed by atoms with Crippen molar-refractivity contribution < 1.29 is 9.47 Å². The summed E-state index contributed by atoms with van der Waals surface area (Å²) in [5.41, 5.74) is 0.994. The van der Waals surface area contributed by atoms with Gasteiger partial charge in [0.25, 0.3) is 0 Å². The molecule has 130 valence electrons. The third-order valence-corrected chi connectivity index (χ3v) is 3.76. The van der Waals surface area contributed by atoms with Crippen molar-refractivity contribution >= 4 is 28.9 Å². The lowest BCUT2D eigenvalue weighted by molar-refractivity contribution is 0.235. The second-order valence-electron chi connectivity index (χ2n) is 6.12. The molecule has 0 aliphatic carbocycles. The highest BCUT2D eigenvalue weighted by Gasteiger charge is 2.08. The van der Waals surface area contributed by atoms with E-state index in [0.717, 1.165) is 11.4 Å². The maximum atomic E-state index is 6.13. The Morgan fingerprint density at radius 3 is 2.54 bits per heavy atom. The van der Waals surface area contributed by atoms with Gasteiger partial charge in [-0.2, -0.15) is 0 Å². The number of benzene rings is 2. The molecular formula is C19H23Cl2NO2. The van der Waals surface area contributed by atoms with E-state index < -0.39 is 0 Å². The van der Waals surface area contributed by atoms with E-state index in [1.54, 1.807) is 18.2 Å². The number of rotatable bonds is 8. The second-order valence-corrected chi connectivity index (χ2v) is 6.96. The van der Waals surface area contributed by atoms with E-state index in [9.17, 15) is 0 Å². The number of anilines is 1. The molecule has 0 saturated heterocycles. The Morgan fingerprint density at radius 1 is 1.04 bits per heavy atom. The minimum atomic E-state index is -0.0519. The van der Waals surface area contributed by atoms with Crippen molar-refractivity contribution in [1.29, 1.82) is 0 Å². The zero-order chi connectivity index (χ0) is 17.5. The first-order chi connectivity index (χ1) is 11.4. The molecule has 0 aromatic heterocycles. The number of hydrogen-bond donors (Lipinski definition) is 1. The number of ether oxygens (including phenoxy) is 2. The summed E-state index contributed by atoms with van der Waals surface area (Å²) >= 11 is 12.0. The van der Waals surface area contributed by atoms with Crippen molar-refractivity contribution in [2.24, 2.45) is 5.92 Å². The van der Waals surface area contributed by atoms with Crippen molar-refractivity contribution in [3.05, 3.63) is 52.5 Å². The highest BCUT2D eigenvalue weighted by Crippen LogP contribution is 2.28. The molecule has 0 bridgehead atoms. The van der Waals surface area contributed by atoms with E-state index >= 15 is 0 Å². The molecule has 1 unspecified atom stereocenters. The maximum absolute atomic E-state index is 6.13. The predicted octanol–water partition coefficient (Wildman–Crippen LogP) is 5.91. The van der Waals surface area contributed by atoms with Crippen molar-refractivity contribution in [1.82, 2.24) is 0 Å². The normalized spacial score (nSPS) is 12.1. The van der Waals surface area contributed by atoms with E-state index in [2.05, 4.69) is 19.2 Å². The first kappa shape index (κ1) is 18.8. The van der Waals surface area contributed by atoms with Crippen LogP contribution in [-0.2, 0) is 0 Å². The van der Waals surface area contributed by atoms with Crippen LogP contribution in [0.5, 0.6) is 11.5 Å². The summed E-state index contributed by atoms with van der Waals surface area (Å²) in [4.78, 5) is 0. The van der Waals surface area contributed by atoms with E-state index in [1.807, 2.05) is 31.2 Å². The Hall–Kier alpha value is -1.58. The molecular weight excluding hydrogens is 345 g/mol. The predicted molar refractivity (Wildman–Crippen MR) is 102 cm³/mol. The molecule has 2 aromatic carbocycles. The summed E-state index contributed by atoms with van der Waals surface area (Å²) in [5.74, 6) is 1.99. The SMILES string of the molecule is CC(C)COc1cccc(NCC(C)Oc2ccc(Cl)cc2Cl)c1. The van der Waals surface area contributed by atoms with Crippen LogP contribution in [0.1, 0.15) is 20.8 Å². The number of halogens is 2. The highest BCUT2D eigenvalue weighted by atomic mass is 35.5. The Kier molecular flexibility index (Phi) is 7.07. The quantitative estimate of drug-likeness (QED) is 0.629. The molecule has 2 rings (SSSR count). The molecule has 24 heavy (non-hydrogen) atoms. The van der Waals surface area contributed by atoms with Gasteiger partial charge in [0.05, 0.1) is 18.2 Å². The standard InChI is InChI=1S/C19H23Cl2NO2/c1-13(2)12-23-17-6-4-5-16(10-17)22-11-14(3)24-19-8-7-15(20)9-18(19)21/h4-10,13-14,22H,11-12H2,1-3H3. The zero-order valence-electron chi connectivity index (χ0n) is 14.2. The summed E-state index contributed by atoms with van der Waals surface area (Å²) in [6.45, 7) is 7.59. The Labute approximate surface area is 153 Å². The van der Waals surface area contributed by atoms with Gasteiger partial charge in [0.1, 0.15) is 17.6 Å². The molecule has 0 fully saturated rings. The number of hydrogen-bond acceptors (Lipinski definition) is 3. The first-order valence-electron chi connectivity index (χ1n) is 8.02. The van der Waals surface area contributed by atoms with Gasteiger partial charge in [-0.3, -0.25) is 0 Å². The van der Waals surface area contributed by atoms with Crippen LogP contribution in [0.25, 0.3) is 0 Å². The lowest BCUT2D eigenvalue weighted by Crippen LogP contribution is -2.22. The molecule has 0 aliphatic rings. The fraction of sp³-hybridized carbons (Fsp3) is 0.368. The van der Waals surface area contributed by atoms with Crippen molar-refractivity contribution in [2.45, 2.75) is 26.9 Å². The van der Waals surface area contributed by atoms with E-state index in [4.69, 9.17) is 32.7 Å². The van der Waals surface area contributed by atoms with Gasteiger partial charge in [-0.1, -0.05) is 43.1 Å². The van der Waals surface area contributed by atoms with Gasteiger partial charge in [0.15, 0.2) is 0 Å². The van der Waals surface area contributed by atoms with Crippen LogP contribution in [0.3, 0.4) is 0 Å². The van der Waals surface area contributed by atoms with Gasteiger partial charge in [-0.25, -0.2) is 0 Å².